The van der Waals surface area contributed by atoms with Crippen molar-refractivity contribution in [3.8, 4) is 5.75 Å². The number of aliphatic hydroxyl groups excluding tert-OH is 2. The zero-order valence-electron chi connectivity index (χ0n) is 9.38. The van der Waals surface area contributed by atoms with E-state index >= 15 is 0 Å². The van der Waals surface area contributed by atoms with E-state index in [1.807, 2.05) is 0 Å². The SMILES string of the molecule is COC(=O)C(O)C(O)c1c(Cl)cccc1OC. The second kappa shape index (κ2) is 5.86. The summed E-state index contributed by atoms with van der Waals surface area (Å²) in [6.07, 6.45) is -3.22. The molecule has 6 heteroatoms. The summed E-state index contributed by atoms with van der Waals surface area (Å²) in [4.78, 5) is 11.1. The zero-order chi connectivity index (χ0) is 13.0. The third-order valence-corrected chi connectivity index (χ3v) is 2.60. The number of carbonyl (C=O) groups is 1. The van der Waals surface area contributed by atoms with Crippen LogP contribution in [-0.4, -0.2) is 36.5 Å². The standard InChI is InChI=1S/C11H13ClO5/c1-16-7-5-3-4-6(12)8(7)9(13)10(14)11(15)17-2/h3-5,9-10,13-14H,1-2H3. The fraction of sp³-hybridized carbons (Fsp3) is 0.364. The second-order valence-corrected chi connectivity index (χ2v) is 3.68. The Morgan fingerprint density at radius 1 is 1.35 bits per heavy atom. The van der Waals surface area contributed by atoms with Crippen molar-refractivity contribution in [3.63, 3.8) is 0 Å². The summed E-state index contributed by atoms with van der Waals surface area (Å²) in [7, 11) is 2.51. The number of aliphatic hydroxyl groups is 2. The van der Waals surface area contributed by atoms with E-state index in [2.05, 4.69) is 4.74 Å². The molecule has 0 aliphatic heterocycles. The molecule has 2 atom stereocenters. The van der Waals surface area contributed by atoms with Crippen molar-refractivity contribution < 1.29 is 24.5 Å². The van der Waals surface area contributed by atoms with Gasteiger partial charge in [-0.15, -0.1) is 0 Å². The molecular weight excluding hydrogens is 248 g/mol. The average Bonchev–Trinajstić information content (AvgIpc) is 2.35. The van der Waals surface area contributed by atoms with Crippen LogP contribution >= 0.6 is 11.6 Å². The van der Waals surface area contributed by atoms with Crippen LogP contribution in [0, 0.1) is 0 Å². The molecule has 1 aromatic carbocycles. The van der Waals surface area contributed by atoms with Gasteiger partial charge < -0.3 is 19.7 Å². The van der Waals surface area contributed by atoms with Crippen molar-refractivity contribution in [2.75, 3.05) is 14.2 Å². The minimum absolute atomic E-state index is 0.148. The van der Waals surface area contributed by atoms with Gasteiger partial charge in [-0.1, -0.05) is 17.7 Å². The molecule has 0 saturated carbocycles. The third kappa shape index (κ3) is 2.88. The maximum absolute atomic E-state index is 11.1. The molecule has 0 bridgehead atoms. The summed E-state index contributed by atoms with van der Waals surface area (Å²) in [5.74, 6) is -0.660. The lowest BCUT2D eigenvalue weighted by Gasteiger charge is -2.19. The summed E-state index contributed by atoms with van der Waals surface area (Å²) < 4.78 is 9.34. The van der Waals surface area contributed by atoms with Crippen LogP contribution in [-0.2, 0) is 9.53 Å². The summed E-state index contributed by atoms with van der Waals surface area (Å²) in [6, 6.07) is 4.71. The molecule has 0 aliphatic carbocycles. The highest BCUT2D eigenvalue weighted by Crippen LogP contribution is 2.33. The number of ether oxygens (including phenoxy) is 2. The Morgan fingerprint density at radius 2 is 2.00 bits per heavy atom. The van der Waals surface area contributed by atoms with Gasteiger partial charge in [0.15, 0.2) is 6.10 Å². The molecule has 0 aliphatic rings. The Kier molecular flexibility index (Phi) is 4.74. The lowest BCUT2D eigenvalue weighted by molar-refractivity contribution is -0.156. The number of rotatable bonds is 4. The van der Waals surface area contributed by atoms with Crippen molar-refractivity contribution in [1.82, 2.24) is 0 Å². The number of halogens is 1. The maximum atomic E-state index is 11.1. The summed E-state index contributed by atoms with van der Waals surface area (Å²) in [5, 5.41) is 19.6. The quantitative estimate of drug-likeness (QED) is 0.787. The Balaban J connectivity index is 3.10. The highest BCUT2D eigenvalue weighted by Gasteiger charge is 2.30. The molecule has 94 valence electrons. The predicted molar refractivity (Wildman–Crippen MR) is 61.0 cm³/mol. The highest BCUT2D eigenvalue weighted by atomic mass is 35.5. The minimum Gasteiger partial charge on any atom is -0.496 e. The van der Waals surface area contributed by atoms with Gasteiger partial charge in [0.05, 0.1) is 19.2 Å². The number of methoxy groups -OCH3 is 2. The van der Waals surface area contributed by atoms with E-state index in [9.17, 15) is 15.0 Å². The first-order valence-electron chi connectivity index (χ1n) is 4.79. The van der Waals surface area contributed by atoms with Gasteiger partial charge in [-0.2, -0.15) is 0 Å². The molecule has 5 nitrogen and oxygen atoms in total. The molecule has 0 amide bonds. The van der Waals surface area contributed by atoms with Gasteiger partial charge in [0.25, 0.3) is 0 Å². The summed E-state index contributed by atoms with van der Waals surface area (Å²) in [5.41, 5.74) is 0.148. The van der Waals surface area contributed by atoms with E-state index < -0.39 is 18.2 Å². The van der Waals surface area contributed by atoms with Crippen LogP contribution in [0.5, 0.6) is 5.75 Å². The van der Waals surface area contributed by atoms with Crippen molar-refractivity contribution in [2.45, 2.75) is 12.2 Å². The first-order chi connectivity index (χ1) is 8.02. The lowest BCUT2D eigenvalue weighted by Crippen LogP contribution is -2.29. The van der Waals surface area contributed by atoms with E-state index in [4.69, 9.17) is 16.3 Å². The van der Waals surface area contributed by atoms with Gasteiger partial charge >= 0.3 is 5.97 Å². The van der Waals surface area contributed by atoms with Crippen molar-refractivity contribution in [1.29, 1.82) is 0 Å². The number of carbonyl (C=O) groups excluding carboxylic acids is 1. The maximum Gasteiger partial charge on any atom is 0.337 e. The Morgan fingerprint density at radius 3 is 2.53 bits per heavy atom. The Labute approximate surface area is 104 Å². The van der Waals surface area contributed by atoms with Crippen LogP contribution in [0.2, 0.25) is 5.02 Å². The van der Waals surface area contributed by atoms with Crippen molar-refractivity contribution >= 4 is 17.6 Å². The molecule has 1 aromatic rings. The van der Waals surface area contributed by atoms with E-state index in [0.717, 1.165) is 7.11 Å². The van der Waals surface area contributed by atoms with Crippen LogP contribution in [0.4, 0.5) is 0 Å². The topological polar surface area (TPSA) is 76.0 Å². The lowest BCUT2D eigenvalue weighted by atomic mass is 10.0. The summed E-state index contributed by atoms with van der Waals surface area (Å²) >= 11 is 5.89. The van der Waals surface area contributed by atoms with Crippen LogP contribution in [0.15, 0.2) is 18.2 Å². The van der Waals surface area contributed by atoms with Crippen molar-refractivity contribution in [2.24, 2.45) is 0 Å². The average molecular weight is 261 g/mol. The number of hydrogen-bond donors (Lipinski definition) is 2. The van der Waals surface area contributed by atoms with Crippen LogP contribution in [0.3, 0.4) is 0 Å². The van der Waals surface area contributed by atoms with E-state index in [0.29, 0.717) is 0 Å². The monoisotopic (exact) mass is 260 g/mol. The van der Waals surface area contributed by atoms with Gasteiger partial charge in [0.2, 0.25) is 0 Å². The van der Waals surface area contributed by atoms with Gasteiger partial charge in [-0.3, -0.25) is 0 Å². The molecule has 2 N–H and O–H groups in total. The largest absolute Gasteiger partial charge is 0.496 e. The fourth-order valence-corrected chi connectivity index (χ4v) is 1.67. The Hall–Kier alpha value is -1.30. The molecular formula is C11H13ClO5. The highest BCUT2D eigenvalue weighted by molar-refractivity contribution is 6.31. The van der Waals surface area contributed by atoms with E-state index in [1.165, 1.54) is 13.2 Å². The van der Waals surface area contributed by atoms with Crippen molar-refractivity contribution in [3.05, 3.63) is 28.8 Å². The molecule has 0 radical (unpaired) electrons. The predicted octanol–water partition coefficient (Wildman–Crippen LogP) is 0.916. The van der Waals surface area contributed by atoms with Gasteiger partial charge in [0, 0.05) is 5.56 Å². The van der Waals surface area contributed by atoms with E-state index in [-0.39, 0.29) is 16.3 Å². The minimum atomic E-state index is -1.71. The molecule has 0 fully saturated rings. The Bertz CT molecular complexity index is 407. The molecule has 17 heavy (non-hydrogen) atoms. The van der Waals surface area contributed by atoms with Crippen LogP contribution < -0.4 is 4.74 Å². The third-order valence-electron chi connectivity index (χ3n) is 2.27. The first-order valence-corrected chi connectivity index (χ1v) is 5.17. The smallest absolute Gasteiger partial charge is 0.337 e. The number of hydrogen-bond acceptors (Lipinski definition) is 5. The van der Waals surface area contributed by atoms with E-state index in [1.54, 1.807) is 12.1 Å². The molecule has 2 unspecified atom stereocenters. The van der Waals surface area contributed by atoms with Crippen LogP contribution in [0.1, 0.15) is 11.7 Å². The first kappa shape index (κ1) is 13.8. The van der Waals surface area contributed by atoms with Gasteiger partial charge in [-0.05, 0) is 12.1 Å². The molecule has 0 spiro atoms. The molecule has 0 saturated heterocycles. The van der Waals surface area contributed by atoms with Crippen LogP contribution in [0.25, 0.3) is 0 Å². The second-order valence-electron chi connectivity index (χ2n) is 3.27. The molecule has 0 heterocycles. The number of esters is 1. The van der Waals surface area contributed by atoms with Gasteiger partial charge in [0.1, 0.15) is 11.9 Å². The van der Waals surface area contributed by atoms with Gasteiger partial charge in [-0.25, -0.2) is 4.79 Å². The zero-order valence-corrected chi connectivity index (χ0v) is 10.1. The molecule has 0 aromatic heterocycles. The summed E-state index contributed by atoms with van der Waals surface area (Å²) in [6.45, 7) is 0. The normalized spacial score (nSPS) is 13.9. The molecule has 1 rings (SSSR count). The number of benzene rings is 1. The fourth-order valence-electron chi connectivity index (χ4n) is 1.39.